The first-order valence-corrected chi connectivity index (χ1v) is 6.58. The minimum Gasteiger partial charge on any atom is -0.368 e. The number of nitrogens with two attached hydrogens (primary N) is 1. The number of hydroxylamine groups is 2. The van der Waals surface area contributed by atoms with Crippen LogP contribution in [0, 0.1) is 0 Å². The van der Waals surface area contributed by atoms with Gasteiger partial charge in [-0.25, -0.2) is 4.79 Å². The molecule has 2 aliphatic heterocycles. The number of primary amides is 1. The highest BCUT2D eigenvalue weighted by Gasteiger charge is 2.55. The monoisotopic (exact) mass is 279 g/mol. The third kappa shape index (κ3) is 2.02. The molecule has 0 aliphatic carbocycles. The van der Waals surface area contributed by atoms with Crippen molar-refractivity contribution < 1.29 is 26.8 Å². The maximum Gasteiger partial charge on any atom is 0.418 e. The number of urea groups is 1. The lowest BCUT2D eigenvalue weighted by Gasteiger charge is -2.34. The number of carbonyl (C=O) groups excluding carboxylic acids is 2. The lowest BCUT2D eigenvalue weighted by Crippen LogP contribution is -2.50. The van der Waals surface area contributed by atoms with Crippen LogP contribution in [0.4, 0.5) is 4.79 Å². The summed E-state index contributed by atoms with van der Waals surface area (Å²) < 4.78 is 34.3. The van der Waals surface area contributed by atoms with Gasteiger partial charge in [-0.1, -0.05) is 0 Å². The molecule has 2 atom stereocenters. The van der Waals surface area contributed by atoms with E-state index in [-0.39, 0.29) is 6.54 Å². The number of hydrogen-bond donors (Lipinski definition) is 2. The Bertz CT molecular complexity index is 505. The average molecular weight is 279 g/mol. The van der Waals surface area contributed by atoms with Crippen LogP contribution in [0.5, 0.6) is 0 Å². The summed E-state index contributed by atoms with van der Waals surface area (Å²) in [7, 11) is -4.79. The van der Waals surface area contributed by atoms with Crippen molar-refractivity contribution in [2.75, 3.05) is 6.54 Å². The zero-order valence-electron chi connectivity index (χ0n) is 9.57. The second-order valence-electron chi connectivity index (χ2n) is 4.66. The van der Waals surface area contributed by atoms with E-state index in [0.717, 1.165) is 4.90 Å². The first-order valence-electron chi connectivity index (χ1n) is 5.21. The van der Waals surface area contributed by atoms with E-state index in [1.54, 1.807) is 6.92 Å². The molecule has 2 bridgehead atoms. The fourth-order valence-corrected chi connectivity index (χ4v) is 2.82. The number of nitrogens with zero attached hydrogens (tertiary/aromatic N) is 2. The van der Waals surface area contributed by atoms with Crippen LogP contribution in [-0.2, 0) is 19.5 Å². The predicted molar refractivity (Wildman–Crippen MR) is 57.2 cm³/mol. The molecule has 102 valence electrons. The van der Waals surface area contributed by atoms with Crippen molar-refractivity contribution in [2.24, 2.45) is 5.73 Å². The number of amides is 3. The van der Waals surface area contributed by atoms with Crippen LogP contribution in [0.1, 0.15) is 19.8 Å². The highest BCUT2D eigenvalue weighted by molar-refractivity contribution is 7.80. The predicted octanol–water partition coefficient (Wildman–Crippen LogP) is -1.14. The summed E-state index contributed by atoms with van der Waals surface area (Å²) in [6.07, 6.45) is 0.668. The van der Waals surface area contributed by atoms with Crippen LogP contribution >= 0.6 is 0 Å². The van der Waals surface area contributed by atoms with Crippen molar-refractivity contribution >= 4 is 22.3 Å². The standard InChI is InChI=1S/C8H13N3O6S/c1-8-3-2-5(6(9)12)10(4-8)7(13)11(8)17-18(14,15)16/h5H,2-4H2,1H3,(H2,9,12)(H,14,15,16)/t5-,8+/m0/s1. The first kappa shape index (κ1) is 13.1. The van der Waals surface area contributed by atoms with E-state index in [2.05, 4.69) is 4.28 Å². The smallest absolute Gasteiger partial charge is 0.368 e. The minimum absolute atomic E-state index is 0.120. The molecule has 0 aromatic rings. The summed E-state index contributed by atoms with van der Waals surface area (Å²) in [5.74, 6) is -0.654. The molecule has 0 aromatic carbocycles. The van der Waals surface area contributed by atoms with Crippen molar-refractivity contribution in [3.63, 3.8) is 0 Å². The van der Waals surface area contributed by atoms with Crippen molar-refractivity contribution in [2.45, 2.75) is 31.3 Å². The molecular weight excluding hydrogens is 266 g/mol. The van der Waals surface area contributed by atoms with Gasteiger partial charge >= 0.3 is 16.4 Å². The van der Waals surface area contributed by atoms with Gasteiger partial charge in [0.05, 0.1) is 5.54 Å². The lowest BCUT2D eigenvalue weighted by molar-refractivity contribution is -0.123. The third-order valence-electron chi connectivity index (χ3n) is 3.25. The van der Waals surface area contributed by atoms with Crippen LogP contribution in [0.15, 0.2) is 0 Å². The van der Waals surface area contributed by atoms with Crippen molar-refractivity contribution in [1.82, 2.24) is 9.96 Å². The van der Waals surface area contributed by atoms with E-state index >= 15 is 0 Å². The Labute approximate surface area is 103 Å². The number of fused-ring (bicyclic) bond motifs is 2. The van der Waals surface area contributed by atoms with E-state index in [4.69, 9.17) is 10.3 Å². The van der Waals surface area contributed by atoms with E-state index in [9.17, 15) is 18.0 Å². The van der Waals surface area contributed by atoms with Gasteiger partial charge in [0.25, 0.3) is 0 Å². The van der Waals surface area contributed by atoms with Crippen LogP contribution in [0.3, 0.4) is 0 Å². The molecule has 2 aliphatic rings. The molecule has 9 nitrogen and oxygen atoms in total. The topological polar surface area (TPSA) is 130 Å². The Hall–Kier alpha value is -1.39. The van der Waals surface area contributed by atoms with Gasteiger partial charge in [-0.05, 0) is 19.8 Å². The highest BCUT2D eigenvalue weighted by Crippen LogP contribution is 2.38. The molecule has 0 saturated carbocycles. The third-order valence-corrected chi connectivity index (χ3v) is 3.59. The van der Waals surface area contributed by atoms with Crippen LogP contribution in [-0.4, -0.2) is 53.0 Å². The number of carbonyl (C=O) groups is 2. The van der Waals surface area contributed by atoms with Crippen LogP contribution < -0.4 is 5.73 Å². The zero-order valence-corrected chi connectivity index (χ0v) is 10.4. The Kier molecular flexibility index (Phi) is 2.76. The maximum absolute atomic E-state index is 11.9. The Morgan fingerprint density at radius 3 is 2.72 bits per heavy atom. The molecule has 3 N–H and O–H groups in total. The van der Waals surface area contributed by atoms with Crippen molar-refractivity contribution in [1.29, 1.82) is 0 Å². The number of hydrogen-bond acceptors (Lipinski definition) is 5. The molecule has 0 spiro atoms. The van der Waals surface area contributed by atoms with E-state index in [1.807, 2.05) is 0 Å². The largest absolute Gasteiger partial charge is 0.418 e. The molecule has 10 heteroatoms. The molecule has 0 aromatic heterocycles. The highest BCUT2D eigenvalue weighted by atomic mass is 32.3. The second kappa shape index (κ2) is 3.80. The van der Waals surface area contributed by atoms with Gasteiger partial charge in [-0.2, -0.15) is 13.5 Å². The van der Waals surface area contributed by atoms with Gasteiger partial charge in [0.15, 0.2) is 0 Å². The normalized spacial score (nSPS) is 31.9. The molecule has 0 unspecified atom stereocenters. The molecule has 3 amide bonds. The summed E-state index contributed by atoms with van der Waals surface area (Å²) in [6, 6.07) is -1.57. The number of piperidine rings is 1. The lowest BCUT2D eigenvalue weighted by atomic mass is 9.89. The SMILES string of the molecule is C[C@@]12CC[C@@H](C(N)=O)N(C1)C(=O)N2OS(=O)(=O)O. The van der Waals surface area contributed by atoms with Gasteiger partial charge < -0.3 is 10.6 Å². The Morgan fingerprint density at radius 1 is 1.61 bits per heavy atom. The van der Waals surface area contributed by atoms with Crippen LogP contribution in [0.2, 0.25) is 0 Å². The summed E-state index contributed by atoms with van der Waals surface area (Å²) >= 11 is 0. The van der Waals surface area contributed by atoms with Gasteiger partial charge in [-0.3, -0.25) is 9.35 Å². The molecule has 2 fully saturated rings. The fraction of sp³-hybridized carbons (Fsp3) is 0.750. The Morgan fingerprint density at radius 2 is 2.22 bits per heavy atom. The maximum atomic E-state index is 11.9. The molecule has 18 heavy (non-hydrogen) atoms. The Balaban J connectivity index is 2.30. The van der Waals surface area contributed by atoms with Gasteiger partial charge in [0.1, 0.15) is 6.04 Å². The molecule has 2 rings (SSSR count). The van der Waals surface area contributed by atoms with E-state index in [0.29, 0.717) is 17.9 Å². The van der Waals surface area contributed by atoms with Crippen LogP contribution in [0.25, 0.3) is 0 Å². The molecular formula is C8H13N3O6S. The summed E-state index contributed by atoms with van der Waals surface area (Å²) in [4.78, 5) is 24.3. The summed E-state index contributed by atoms with van der Waals surface area (Å²) in [6.45, 7) is 1.72. The fourth-order valence-electron chi connectivity index (χ4n) is 2.39. The van der Waals surface area contributed by atoms with Crippen molar-refractivity contribution in [3.05, 3.63) is 0 Å². The average Bonchev–Trinajstić information content (AvgIpc) is 2.38. The quantitative estimate of drug-likeness (QED) is 0.628. The zero-order chi connectivity index (χ0) is 13.7. The molecule has 2 saturated heterocycles. The van der Waals surface area contributed by atoms with Gasteiger partial charge in [0, 0.05) is 6.54 Å². The minimum atomic E-state index is -4.79. The second-order valence-corrected chi connectivity index (χ2v) is 5.67. The summed E-state index contributed by atoms with van der Waals surface area (Å²) in [5.41, 5.74) is 4.27. The van der Waals surface area contributed by atoms with E-state index < -0.39 is 33.9 Å². The first-order chi connectivity index (χ1) is 8.14. The van der Waals surface area contributed by atoms with E-state index in [1.165, 1.54) is 0 Å². The van der Waals surface area contributed by atoms with Gasteiger partial charge in [-0.15, -0.1) is 4.28 Å². The van der Waals surface area contributed by atoms with Gasteiger partial charge in [0.2, 0.25) is 5.91 Å². The van der Waals surface area contributed by atoms with Crippen molar-refractivity contribution in [3.8, 4) is 0 Å². The number of rotatable bonds is 3. The molecule has 0 radical (unpaired) electrons. The molecule has 2 heterocycles. The summed E-state index contributed by atoms with van der Waals surface area (Å²) in [5, 5.41) is 0.589.